The Kier molecular flexibility index (Phi) is 4.11. The standard InChI is InChI=1S/C11H21NO3/c1-11(2,3)4-5-12-6-7-15-8-9(12)10(13)14/h9H,4-8H2,1-3H3,(H,13,14). The van der Waals surface area contributed by atoms with Crippen molar-refractivity contribution in [3.8, 4) is 0 Å². The van der Waals surface area contributed by atoms with Crippen LogP contribution in [-0.4, -0.2) is 48.3 Å². The number of nitrogens with zero attached hydrogens (tertiary/aromatic N) is 1. The number of carboxylic acids is 1. The van der Waals surface area contributed by atoms with Crippen LogP contribution in [0.2, 0.25) is 0 Å². The van der Waals surface area contributed by atoms with Gasteiger partial charge in [-0.25, -0.2) is 0 Å². The molecule has 1 saturated heterocycles. The van der Waals surface area contributed by atoms with Crippen molar-refractivity contribution in [1.29, 1.82) is 0 Å². The third kappa shape index (κ3) is 4.18. The highest BCUT2D eigenvalue weighted by atomic mass is 16.5. The third-order valence-electron chi connectivity index (χ3n) is 2.67. The molecule has 0 aromatic carbocycles. The second-order valence-electron chi connectivity index (χ2n) is 5.28. The summed E-state index contributed by atoms with van der Waals surface area (Å²) < 4.78 is 5.18. The summed E-state index contributed by atoms with van der Waals surface area (Å²) in [5.74, 6) is -0.774. The largest absolute Gasteiger partial charge is 0.480 e. The molecule has 0 saturated carbocycles. The van der Waals surface area contributed by atoms with Gasteiger partial charge in [-0.2, -0.15) is 0 Å². The Labute approximate surface area is 91.2 Å². The molecule has 0 aromatic rings. The minimum atomic E-state index is -0.774. The van der Waals surface area contributed by atoms with Crippen molar-refractivity contribution in [1.82, 2.24) is 4.90 Å². The van der Waals surface area contributed by atoms with Crippen molar-refractivity contribution < 1.29 is 14.6 Å². The predicted molar refractivity (Wildman–Crippen MR) is 57.9 cm³/mol. The molecule has 1 atom stereocenters. The van der Waals surface area contributed by atoms with Crippen molar-refractivity contribution in [3.63, 3.8) is 0 Å². The van der Waals surface area contributed by atoms with Gasteiger partial charge in [-0.1, -0.05) is 20.8 Å². The van der Waals surface area contributed by atoms with Gasteiger partial charge in [0.05, 0.1) is 13.2 Å². The summed E-state index contributed by atoms with van der Waals surface area (Å²) in [6, 6.07) is -0.457. The number of carboxylic acid groups (broad SMARTS) is 1. The number of ether oxygens (including phenoxy) is 1. The number of aliphatic carboxylic acids is 1. The fraction of sp³-hybridized carbons (Fsp3) is 0.909. The summed E-state index contributed by atoms with van der Waals surface area (Å²) in [6.07, 6.45) is 1.01. The van der Waals surface area contributed by atoms with Crippen molar-refractivity contribution in [2.45, 2.75) is 33.2 Å². The van der Waals surface area contributed by atoms with E-state index in [0.717, 1.165) is 19.5 Å². The van der Waals surface area contributed by atoms with E-state index in [1.807, 2.05) is 4.90 Å². The molecular formula is C11H21NO3. The van der Waals surface area contributed by atoms with E-state index in [1.54, 1.807) is 0 Å². The van der Waals surface area contributed by atoms with Gasteiger partial charge in [0.1, 0.15) is 6.04 Å². The molecule has 0 spiro atoms. The van der Waals surface area contributed by atoms with Crippen molar-refractivity contribution in [2.75, 3.05) is 26.3 Å². The van der Waals surface area contributed by atoms with E-state index < -0.39 is 12.0 Å². The highest BCUT2D eigenvalue weighted by molar-refractivity contribution is 5.73. The zero-order chi connectivity index (χ0) is 11.5. The molecule has 88 valence electrons. The molecule has 0 bridgehead atoms. The van der Waals surface area contributed by atoms with Gasteiger partial charge in [0.15, 0.2) is 0 Å². The second kappa shape index (κ2) is 4.94. The lowest BCUT2D eigenvalue weighted by Gasteiger charge is -2.34. The number of carbonyl (C=O) groups is 1. The molecule has 1 fully saturated rings. The molecular weight excluding hydrogens is 194 g/mol. The van der Waals surface area contributed by atoms with E-state index in [2.05, 4.69) is 20.8 Å². The lowest BCUT2D eigenvalue weighted by Crippen LogP contribution is -2.50. The highest BCUT2D eigenvalue weighted by Crippen LogP contribution is 2.20. The second-order valence-corrected chi connectivity index (χ2v) is 5.28. The molecule has 0 radical (unpaired) electrons. The van der Waals surface area contributed by atoms with E-state index in [0.29, 0.717) is 13.2 Å². The molecule has 15 heavy (non-hydrogen) atoms. The van der Waals surface area contributed by atoms with Crippen LogP contribution >= 0.6 is 0 Å². The van der Waals surface area contributed by atoms with Gasteiger partial charge in [0.25, 0.3) is 0 Å². The van der Waals surface area contributed by atoms with Crippen LogP contribution in [0.25, 0.3) is 0 Å². The SMILES string of the molecule is CC(C)(C)CCN1CCOCC1C(=O)O. The first kappa shape index (κ1) is 12.5. The summed E-state index contributed by atoms with van der Waals surface area (Å²) in [6.45, 7) is 9.04. The van der Waals surface area contributed by atoms with E-state index in [1.165, 1.54) is 0 Å². The molecule has 0 amide bonds. The smallest absolute Gasteiger partial charge is 0.323 e. The zero-order valence-electron chi connectivity index (χ0n) is 9.82. The van der Waals surface area contributed by atoms with Gasteiger partial charge in [-0.3, -0.25) is 9.69 Å². The Morgan fingerprint density at radius 3 is 2.73 bits per heavy atom. The van der Waals surface area contributed by atoms with Crippen LogP contribution in [0, 0.1) is 5.41 Å². The third-order valence-corrected chi connectivity index (χ3v) is 2.67. The minimum Gasteiger partial charge on any atom is -0.480 e. The Balaban J connectivity index is 2.46. The normalized spacial score (nSPS) is 24.1. The van der Waals surface area contributed by atoms with Crippen molar-refractivity contribution >= 4 is 5.97 Å². The Morgan fingerprint density at radius 1 is 1.53 bits per heavy atom. The topological polar surface area (TPSA) is 49.8 Å². The van der Waals surface area contributed by atoms with Gasteiger partial charge in [-0.05, 0) is 18.4 Å². The maximum atomic E-state index is 11.0. The maximum absolute atomic E-state index is 11.0. The molecule has 4 heteroatoms. The lowest BCUT2D eigenvalue weighted by molar-refractivity contribution is -0.149. The van der Waals surface area contributed by atoms with Crippen LogP contribution in [0.3, 0.4) is 0 Å². The van der Waals surface area contributed by atoms with Crippen LogP contribution in [0.15, 0.2) is 0 Å². The minimum absolute atomic E-state index is 0.251. The monoisotopic (exact) mass is 215 g/mol. The van der Waals surface area contributed by atoms with Crippen LogP contribution in [0.5, 0.6) is 0 Å². The molecule has 1 unspecified atom stereocenters. The molecule has 1 N–H and O–H groups in total. The van der Waals surface area contributed by atoms with Gasteiger partial charge in [0.2, 0.25) is 0 Å². The number of morpholine rings is 1. The first-order valence-corrected chi connectivity index (χ1v) is 5.45. The number of hydrogen-bond donors (Lipinski definition) is 1. The fourth-order valence-electron chi connectivity index (χ4n) is 1.61. The average Bonchev–Trinajstić information content (AvgIpc) is 2.14. The maximum Gasteiger partial charge on any atom is 0.323 e. The predicted octanol–water partition coefficient (Wildman–Crippen LogP) is 1.21. The molecule has 1 heterocycles. The van der Waals surface area contributed by atoms with E-state index in [-0.39, 0.29) is 5.41 Å². The Bertz CT molecular complexity index is 222. The summed E-state index contributed by atoms with van der Waals surface area (Å²) in [5, 5.41) is 9.02. The quantitative estimate of drug-likeness (QED) is 0.768. The van der Waals surface area contributed by atoms with Crippen LogP contribution in [0.4, 0.5) is 0 Å². The van der Waals surface area contributed by atoms with E-state index >= 15 is 0 Å². The Hall–Kier alpha value is -0.610. The Morgan fingerprint density at radius 2 is 2.20 bits per heavy atom. The summed E-state index contributed by atoms with van der Waals surface area (Å²) in [7, 11) is 0. The molecule has 0 aromatic heterocycles. The number of rotatable bonds is 3. The van der Waals surface area contributed by atoms with Crippen molar-refractivity contribution in [2.24, 2.45) is 5.41 Å². The van der Waals surface area contributed by atoms with Gasteiger partial charge < -0.3 is 9.84 Å². The van der Waals surface area contributed by atoms with Gasteiger partial charge in [-0.15, -0.1) is 0 Å². The van der Waals surface area contributed by atoms with Crippen LogP contribution < -0.4 is 0 Å². The van der Waals surface area contributed by atoms with Crippen LogP contribution in [0.1, 0.15) is 27.2 Å². The van der Waals surface area contributed by atoms with Crippen molar-refractivity contribution in [3.05, 3.63) is 0 Å². The van der Waals surface area contributed by atoms with E-state index in [9.17, 15) is 4.79 Å². The first-order chi connectivity index (χ1) is 6.90. The van der Waals surface area contributed by atoms with Gasteiger partial charge in [0, 0.05) is 6.54 Å². The summed E-state index contributed by atoms with van der Waals surface area (Å²) in [4.78, 5) is 13.0. The first-order valence-electron chi connectivity index (χ1n) is 5.45. The molecule has 1 aliphatic rings. The summed E-state index contributed by atoms with van der Waals surface area (Å²) >= 11 is 0. The van der Waals surface area contributed by atoms with Crippen LogP contribution in [-0.2, 0) is 9.53 Å². The zero-order valence-corrected chi connectivity index (χ0v) is 9.82. The lowest BCUT2D eigenvalue weighted by atomic mass is 9.92. The summed E-state index contributed by atoms with van der Waals surface area (Å²) in [5.41, 5.74) is 0.251. The number of hydrogen-bond acceptors (Lipinski definition) is 3. The molecule has 1 aliphatic heterocycles. The fourth-order valence-corrected chi connectivity index (χ4v) is 1.61. The average molecular weight is 215 g/mol. The molecule has 1 rings (SSSR count). The van der Waals surface area contributed by atoms with E-state index in [4.69, 9.17) is 9.84 Å². The molecule has 4 nitrogen and oxygen atoms in total. The highest BCUT2D eigenvalue weighted by Gasteiger charge is 2.29. The van der Waals surface area contributed by atoms with Gasteiger partial charge >= 0.3 is 5.97 Å². The molecule has 0 aliphatic carbocycles.